The molecule has 0 aliphatic rings. The van der Waals surface area contributed by atoms with E-state index in [-0.39, 0.29) is 11.2 Å². The van der Waals surface area contributed by atoms with Crippen molar-refractivity contribution in [3.05, 3.63) is 23.8 Å². The van der Waals surface area contributed by atoms with Crippen molar-refractivity contribution in [3.63, 3.8) is 0 Å². The van der Waals surface area contributed by atoms with Crippen LogP contribution in [0.3, 0.4) is 0 Å². The largest absolute Gasteiger partial charge is 0.493 e. The highest BCUT2D eigenvalue weighted by Crippen LogP contribution is 2.22. The van der Waals surface area contributed by atoms with Gasteiger partial charge in [-0.25, -0.2) is 4.79 Å². The summed E-state index contributed by atoms with van der Waals surface area (Å²) in [5.74, 6) is -0.730. The average molecular weight is 253 g/mol. The summed E-state index contributed by atoms with van der Waals surface area (Å²) in [7, 11) is 1.63. The Hall–Kier alpha value is -1.75. The summed E-state index contributed by atoms with van der Waals surface area (Å²) in [6.45, 7) is 4.26. The van der Waals surface area contributed by atoms with E-state index in [0.717, 1.165) is 0 Å². The Morgan fingerprint density at radius 1 is 1.44 bits per heavy atom. The molecule has 0 aliphatic carbocycles. The highest BCUT2D eigenvalue weighted by molar-refractivity contribution is 5.92. The molecule has 0 spiro atoms. The van der Waals surface area contributed by atoms with Crippen LogP contribution >= 0.6 is 0 Å². The number of aromatic carboxylic acids is 1. The number of carboxylic acids is 1. The zero-order valence-corrected chi connectivity index (χ0v) is 10.9. The Labute approximate surface area is 107 Å². The summed E-state index contributed by atoms with van der Waals surface area (Å²) in [4.78, 5) is 11.0. The van der Waals surface area contributed by atoms with Crippen LogP contribution in [0.15, 0.2) is 18.2 Å². The Bertz CT molecular complexity index is 429. The fourth-order valence-electron chi connectivity index (χ4n) is 1.35. The SMILES string of the molecule is COC(C)(C)CCOc1ccc(N)cc1C(=O)O. The second kappa shape index (κ2) is 5.73. The van der Waals surface area contributed by atoms with Gasteiger partial charge >= 0.3 is 5.97 Å². The zero-order chi connectivity index (χ0) is 13.8. The van der Waals surface area contributed by atoms with E-state index in [4.69, 9.17) is 20.3 Å². The van der Waals surface area contributed by atoms with Crippen molar-refractivity contribution in [1.29, 1.82) is 0 Å². The minimum atomic E-state index is -1.05. The number of ether oxygens (including phenoxy) is 2. The van der Waals surface area contributed by atoms with Crippen molar-refractivity contribution in [2.75, 3.05) is 19.5 Å². The maximum Gasteiger partial charge on any atom is 0.339 e. The molecule has 0 bridgehead atoms. The second-order valence-corrected chi connectivity index (χ2v) is 4.62. The molecule has 0 amide bonds. The molecule has 18 heavy (non-hydrogen) atoms. The third-order valence-corrected chi connectivity index (χ3v) is 2.75. The van der Waals surface area contributed by atoms with Crippen LogP contribution in [0.4, 0.5) is 5.69 Å². The monoisotopic (exact) mass is 253 g/mol. The first kappa shape index (κ1) is 14.3. The molecule has 0 saturated heterocycles. The summed E-state index contributed by atoms with van der Waals surface area (Å²) in [6, 6.07) is 4.57. The van der Waals surface area contributed by atoms with Gasteiger partial charge in [-0.1, -0.05) is 0 Å². The highest BCUT2D eigenvalue weighted by atomic mass is 16.5. The highest BCUT2D eigenvalue weighted by Gasteiger charge is 2.17. The summed E-state index contributed by atoms with van der Waals surface area (Å²) >= 11 is 0. The number of carboxylic acid groups (broad SMARTS) is 1. The number of hydrogen-bond acceptors (Lipinski definition) is 4. The molecular weight excluding hydrogens is 234 g/mol. The molecule has 0 saturated carbocycles. The van der Waals surface area contributed by atoms with Crippen LogP contribution in [0.25, 0.3) is 0 Å². The summed E-state index contributed by atoms with van der Waals surface area (Å²) < 4.78 is 10.7. The molecule has 0 atom stereocenters. The first-order valence-corrected chi connectivity index (χ1v) is 5.66. The van der Waals surface area contributed by atoms with Gasteiger partial charge in [0.25, 0.3) is 0 Å². The van der Waals surface area contributed by atoms with Crippen molar-refractivity contribution in [2.45, 2.75) is 25.9 Å². The van der Waals surface area contributed by atoms with E-state index < -0.39 is 5.97 Å². The lowest BCUT2D eigenvalue weighted by Crippen LogP contribution is -2.25. The summed E-state index contributed by atoms with van der Waals surface area (Å²) in [5.41, 5.74) is 5.73. The standard InChI is InChI=1S/C13H19NO4/c1-13(2,17-3)6-7-18-11-5-4-9(14)8-10(11)12(15)16/h4-5,8H,6-7,14H2,1-3H3,(H,15,16). The van der Waals surface area contributed by atoms with Gasteiger partial charge in [-0.15, -0.1) is 0 Å². The smallest absolute Gasteiger partial charge is 0.339 e. The summed E-state index contributed by atoms with van der Waals surface area (Å²) in [6.07, 6.45) is 0.660. The maximum atomic E-state index is 11.0. The first-order valence-electron chi connectivity index (χ1n) is 5.66. The summed E-state index contributed by atoms with van der Waals surface area (Å²) in [5, 5.41) is 9.04. The van der Waals surface area contributed by atoms with Crippen LogP contribution in [0.1, 0.15) is 30.6 Å². The molecule has 1 aromatic rings. The fraction of sp³-hybridized carbons (Fsp3) is 0.462. The third kappa shape index (κ3) is 3.92. The first-order chi connectivity index (χ1) is 8.35. The molecule has 0 fully saturated rings. The lowest BCUT2D eigenvalue weighted by Gasteiger charge is -2.22. The number of hydrogen-bond donors (Lipinski definition) is 2. The van der Waals surface area contributed by atoms with Crippen molar-refractivity contribution < 1.29 is 19.4 Å². The van der Waals surface area contributed by atoms with Crippen LogP contribution < -0.4 is 10.5 Å². The molecule has 5 heteroatoms. The van der Waals surface area contributed by atoms with Gasteiger partial charge in [0.05, 0.1) is 12.2 Å². The zero-order valence-electron chi connectivity index (χ0n) is 10.9. The van der Waals surface area contributed by atoms with E-state index in [1.165, 1.54) is 6.07 Å². The molecule has 0 heterocycles. The molecule has 1 rings (SSSR count). The van der Waals surface area contributed by atoms with Crippen molar-refractivity contribution in [3.8, 4) is 5.75 Å². The third-order valence-electron chi connectivity index (χ3n) is 2.75. The normalized spacial score (nSPS) is 11.3. The maximum absolute atomic E-state index is 11.0. The minimum absolute atomic E-state index is 0.0743. The van der Waals surface area contributed by atoms with Gasteiger partial charge in [0, 0.05) is 19.2 Å². The van der Waals surface area contributed by atoms with Crippen LogP contribution in [-0.4, -0.2) is 30.4 Å². The van der Waals surface area contributed by atoms with Crippen LogP contribution in [-0.2, 0) is 4.74 Å². The number of nitrogens with two attached hydrogens (primary N) is 1. The van der Waals surface area contributed by atoms with Crippen LogP contribution in [0.5, 0.6) is 5.75 Å². The van der Waals surface area contributed by atoms with Gasteiger partial charge < -0.3 is 20.3 Å². The van der Waals surface area contributed by atoms with Crippen molar-refractivity contribution >= 4 is 11.7 Å². The minimum Gasteiger partial charge on any atom is -0.493 e. The number of anilines is 1. The van der Waals surface area contributed by atoms with E-state index in [1.54, 1.807) is 19.2 Å². The Balaban J connectivity index is 2.70. The Morgan fingerprint density at radius 3 is 2.67 bits per heavy atom. The van der Waals surface area contributed by atoms with Gasteiger partial charge in [-0.3, -0.25) is 0 Å². The van der Waals surface area contributed by atoms with Crippen LogP contribution in [0.2, 0.25) is 0 Å². The number of rotatable bonds is 6. The van der Waals surface area contributed by atoms with Gasteiger partial charge in [0.1, 0.15) is 11.3 Å². The van der Waals surface area contributed by atoms with Crippen LogP contribution in [0, 0.1) is 0 Å². The quantitative estimate of drug-likeness (QED) is 0.759. The van der Waals surface area contributed by atoms with E-state index in [2.05, 4.69) is 0 Å². The van der Waals surface area contributed by atoms with Gasteiger partial charge in [0.2, 0.25) is 0 Å². The Kier molecular flexibility index (Phi) is 4.55. The predicted molar refractivity (Wildman–Crippen MR) is 69.0 cm³/mol. The Morgan fingerprint density at radius 2 is 2.11 bits per heavy atom. The van der Waals surface area contributed by atoms with E-state index in [1.807, 2.05) is 13.8 Å². The second-order valence-electron chi connectivity index (χ2n) is 4.62. The molecule has 3 N–H and O–H groups in total. The average Bonchev–Trinajstić information content (AvgIpc) is 2.30. The number of nitrogen functional groups attached to an aromatic ring is 1. The molecule has 100 valence electrons. The van der Waals surface area contributed by atoms with Crippen molar-refractivity contribution in [2.24, 2.45) is 0 Å². The predicted octanol–water partition coefficient (Wildman–Crippen LogP) is 2.16. The molecule has 1 aromatic carbocycles. The van der Waals surface area contributed by atoms with E-state index >= 15 is 0 Å². The molecular formula is C13H19NO4. The van der Waals surface area contributed by atoms with Crippen molar-refractivity contribution in [1.82, 2.24) is 0 Å². The van der Waals surface area contributed by atoms with Gasteiger partial charge in [-0.2, -0.15) is 0 Å². The lowest BCUT2D eigenvalue weighted by atomic mass is 10.1. The van der Waals surface area contributed by atoms with E-state index in [0.29, 0.717) is 24.5 Å². The topological polar surface area (TPSA) is 81.8 Å². The number of carbonyl (C=O) groups is 1. The number of methoxy groups -OCH3 is 1. The van der Waals surface area contributed by atoms with Gasteiger partial charge in [-0.05, 0) is 32.0 Å². The van der Waals surface area contributed by atoms with E-state index in [9.17, 15) is 4.79 Å². The molecule has 0 aromatic heterocycles. The van der Waals surface area contributed by atoms with Gasteiger partial charge in [0.15, 0.2) is 0 Å². The molecule has 0 radical (unpaired) electrons. The number of benzene rings is 1. The molecule has 5 nitrogen and oxygen atoms in total. The lowest BCUT2D eigenvalue weighted by molar-refractivity contribution is 0.00538. The molecule has 0 aliphatic heterocycles. The molecule has 0 unspecified atom stereocenters. The fourth-order valence-corrected chi connectivity index (χ4v) is 1.35.